The van der Waals surface area contributed by atoms with E-state index in [2.05, 4.69) is 4.90 Å². The molecule has 0 atom stereocenters. The summed E-state index contributed by atoms with van der Waals surface area (Å²) in [5.74, 6) is 1.53. The molecule has 1 heterocycles. The van der Waals surface area contributed by atoms with Crippen molar-refractivity contribution >= 4 is 27.8 Å². The van der Waals surface area contributed by atoms with Crippen LogP contribution in [-0.4, -0.2) is 59.6 Å². The Kier molecular flexibility index (Phi) is 8.35. The lowest BCUT2D eigenvalue weighted by Gasteiger charge is -2.36. The van der Waals surface area contributed by atoms with Gasteiger partial charge in [0.25, 0.3) is 0 Å². The van der Waals surface area contributed by atoms with Crippen LogP contribution in [0.3, 0.4) is 0 Å². The fraction of sp³-hybridized carbons (Fsp3) is 0.250. The van der Waals surface area contributed by atoms with E-state index in [1.165, 1.54) is 6.08 Å². The summed E-state index contributed by atoms with van der Waals surface area (Å²) in [6.45, 7) is 2.55. The molecule has 0 radical (unpaired) electrons. The van der Waals surface area contributed by atoms with E-state index in [9.17, 15) is 13.2 Å². The maximum Gasteiger partial charge on any atom is 0.332 e. The summed E-state index contributed by atoms with van der Waals surface area (Å²) in [6.07, 6.45) is 1.79. The zero-order valence-corrected chi connectivity index (χ0v) is 21.7. The van der Waals surface area contributed by atoms with E-state index < -0.39 is 10.1 Å². The number of carbonyl (C=O) groups is 1. The Morgan fingerprint density at radius 2 is 1.54 bits per heavy atom. The number of benzene rings is 3. The van der Waals surface area contributed by atoms with Crippen molar-refractivity contribution in [2.24, 2.45) is 0 Å². The Bertz CT molecular complexity index is 1330. The fourth-order valence-corrected chi connectivity index (χ4v) is 4.85. The quantitative estimate of drug-likeness (QED) is 0.393. The summed E-state index contributed by atoms with van der Waals surface area (Å²) >= 11 is 0. The first-order valence-corrected chi connectivity index (χ1v) is 13.4. The summed E-state index contributed by atoms with van der Waals surface area (Å²) in [6, 6.07) is 21.6. The number of rotatable bonds is 9. The maximum atomic E-state index is 12.8. The molecule has 0 spiro atoms. The minimum Gasteiger partial charge on any atom is -0.493 e. The number of amides is 1. The van der Waals surface area contributed by atoms with Crippen LogP contribution >= 0.6 is 0 Å². The Balaban J connectivity index is 1.29. The smallest absolute Gasteiger partial charge is 0.332 e. The molecule has 1 aliphatic rings. The van der Waals surface area contributed by atoms with Crippen LogP contribution in [0.2, 0.25) is 0 Å². The zero-order chi connectivity index (χ0) is 26.3. The lowest BCUT2D eigenvalue weighted by atomic mass is 10.1. The summed E-state index contributed by atoms with van der Waals surface area (Å²) in [7, 11) is -0.724. The van der Waals surface area contributed by atoms with Gasteiger partial charge in [-0.2, -0.15) is 8.42 Å². The second-order valence-corrected chi connectivity index (χ2v) is 9.94. The molecule has 0 N–H and O–H groups in total. The number of ether oxygens (including phenoxy) is 2. The van der Waals surface area contributed by atoms with E-state index in [0.717, 1.165) is 22.2 Å². The number of piperazine rings is 1. The first kappa shape index (κ1) is 26.1. The van der Waals surface area contributed by atoms with Crippen LogP contribution in [0.4, 0.5) is 5.69 Å². The third kappa shape index (κ3) is 7.04. The molecular weight excluding hydrogens is 492 g/mol. The third-order valence-electron chi connectivity index (χ3n) is 6.08. The van der Waals surface area contributed by atoms with Crippen LogP contribution in [0.1, 0.15) is 11.1 Å². The molecule has 3 aromatic rings. The number of carbonyl (C=O) groups excluding carboxylic acids is 1. The molecule has 0 bridgehead atoms. The van der Waals surface area contributed by atoms with Gasteiger partial charge in [-0.1, -0.05) is 36.4 Å². The van der Waals surface area contributed by atoms with Gasteiger partial charge in [-0.3, -0.25) is 4.79 Å². The highest BCUT2D eigenvalue weighted by Crippen LogP contribution is 2.28. The van der Waals surface area contributed by atoms with Gasteiger partial charge in [0, 0.05) is 31.9 Å². The second-order valence-electron chi connectivity index (χ2n) is 8.52. The average molecular weight is 523 g/mol. The molecule has 1 aliphatic heterocycles. The lowest BCUT2D eigenvalue weighted by molar-refractivity contribution is -0.130. The minimum absolute atomic E-state index is 0.0596. The van der Waals surface area contributed by atoms with E-state index in [1.807, 2.05) is 59.5 Å². The van der Waals surface area contributed by atoms with Gasteiger partial charge >= 0.3 is 10.1 Å². The molecule has 3 aromatic carbocycles. The van der Waals surface area contributed by atoms with Crippen molar-refractivity contribution in [2.75, 3.05) is 45.3 Å². The van der Waals surface area contributed by atoms with Crippen molar-refractivity contribution in [1.29, 1.82) is 0 Å². The van der Waals surface area contributed by atoms with Crippen molar-refractivity contribution in [3.05, 3.63) is 89.3 Å². The summed E-state index contributed by atoms with van der Waals surface area (Å²) < 4.78 is 40.4. The Labute approximate surface area is 217 Å². The number of anilines is 1. The molecular formula is C28H30N2O6S. The van der Waals surface area contributed by atoms with Crippen molar-refractivity contribution in [3.8, 4) is 17.2 Å². The van der Waals surface area contributed by atoms with Gasteiger partial charge in [0.15, 0.2) is 11.5 Å². The van der Waals surface area contributed by atoms with Crippen LogP contribution in [0.5, 0.6) is 17.2 Å². The van der Waals surface area contributed by atoms with Crippen molar-refractivity contribution in [3.63, 3.8) is 0 Å². The molecule has 4 rings (SSSR count). The largest absolute Gasteiger partial charge is 0.493 e. The van der Waals surface area contributed by atoms with Crippen LogP contribution in [0.15, 0.2) is 78.2 Å². The summed E-state index contributed by atoms with van der Waals surface area (Å²) in [4.78, 5) is 16.9. The number of hydrogen-bond acceptors (Lipinski definition) is 7. The Hall–Kier alpha value is -3.98. The Morgan fingerprint density at radius 3 is 2.19 bits per heavy atom. The third-order valence-corrected chi connectivity index (χ3v) is 6.97. The highest BCUT2D eigenvalue weighted by atomic mass is 32.2. The van der Waals surface area contributed by atoms with E-state index in [0.29, 0.717) is 44.1 Å². The van der Waals surface area contributed by atoms with Gasteiger partial charge in [0.2, 0.25) is 5.91 Å². The van der Waals surface area contributed by atoms with Crippen LogP contribution in [-0.2, 0) is 21.3 Å². The molecule has 1 amide bonds. The molecule has 8 nitrogen and oxygen atoms in total. The Morgan fingerprint density at radius 1 is 0.865 bits per heavy atom. The fourth-order valence-electron chi connectivity index (χ4n) is 4.09. The van der Waals surface area contributed by atoms with Gasteiger partial charge in [-0.05, 0) is 53.6 Å². The first-order valence-electron chi connectivity index (χ1n) is 11.9. The molecule has 0 saturated carbocycles. The number of hydrogen-bond donors (Lipinski definition) is 0. The van der Waals surface area contributed by atoms with Crippen molar-refractivity contribution in [2.45, 2.75) is 6.42 Å². The van der Waals surface area contributed by atoms with Crippen LogP contribution < -0.4 is 18.6 Å². The van der Waals surface area contributed by atoms with E-state index in [-0.39, 0.29) is 11.7 Å². The molecule has 0 aliphatic carbocycles. The monoisotopic (exact) mass is 522 g/mol. The van der Waals surface area contributed by atoms with Crippen LogP contribution in [0, 0.1) is 0 Å². The standard InChI is InChI=1S/C28H30N2O6S/c1-34-26-13-8-23(20-27(26)35-2)21-28(31)30-17-15-29(16-18-30)24-9-11-25(12-10-24)36-37(32,33)19-14-22-6-4-3-5-7-22/h3-14,19-20H,15-18,21H2,1-2H3/b19-14+. The number of methoxy groups -OCH3 is 2. The van der Waals surface area contributed by atoms with E-state index in [4.69, 9.17) is 13.7 Å². The van der Waals surface area contributed by atoms with Gasteiger partial charge in [-0.15, -0.1) is 0 Å². The van der Waals surface area contributed by atoms with E-state index in [1.54, 1.807) is 32.4 Å². The molecule has 37 heavy (non-hydrogen) atoms. The first-order chi connectivity index (χ1) is 17.9. The molecule has 0 aromatic heterocycles. The zero-order valence-electron chi connectivity index (χ0n) is 20.9. The topological polar surface area (TPSA) is 85.4 Å². The predicted octanol–water partition coefficient (Wildman–Crippen LogP) is 3.97. The molecule has 0 unspecified atom stereocenters. The normalized spacial score (nSPS) is 14.0. The number of nitrogens with zero attached hydrogens (tertiary/aromatic N) is 2. The lowest BCUT2D eigenvalue weighted by Crippen LogP contribution is -2.49. The highest BCUT2D eigenvalue weighted by Gasteiger charge is 2.22. The van der Waals surface area contributed by atoms with E-state index >= 15 is 0 Å². The van der Waals surface area contributed by atoms with Gasteiger partial charge < -0.3 is 23.5 Å². The van der Waals surface area contributed by atoms with Gasteiger partial charge in [0.05, 0.1) is 26.0 Å². The van der Waals surface area contributed by atoms with Crippen molar-refractivity contribution in [1.82, 2.24) is 4.90 Å². The molecule has 194 valence electrons. The SMILES string of the molecule is COc1ccc(CC(=O)N2CCN(c3ccc(OS(=O)(=O)/C=C/c4ccccc4)cc3)CC2)cc1OC. The molecule has 1 saturated heterocycles. The predicted molar refractivity (Wildman–Crippen MR) is 144 cm³/mol. The van der Waals surface area contributed by atoms with Gasteiger partial charge in [-0.25, -0.2) is 0 Å². The van der Waals surface area contributed by atoms with Crippen molar-refractivity contribution < 1.29 is 26.9 Å². The summed E-state index contributed by atoms with van der Waals surface area (Å²) in [5.41, 5.74) is 2.58. The van der Waals surface area contributed by atoms with Gasteiger partial charge in [0.1, 0.15) is 5.75 Å². The molecule has 1 fully saturated rings. The average Bonchev–Trinajstić information content (AvgIpc) is 2.93. The maximum absolute atomic E-state index is 12.8. The van der Waals surface area contributed by atoms with Crippen LogP contribution in [0.25, 0.3) is 6.08 Å². The highest BCUT2D eigenvalue weighted by molar-refractivity contribution is 7.90. The summed E-state index contributed by atoms with van der Waals surface area (Å²) in [5, 5.41) is 1.05. The second kappa shape index (κ2) is 11.8. The molecule has 9 heteroatoms. The minimum atomic E-state index is -3.87.